The highest BCUT2D eigenvalue weighted by atomic mass is 16.5. The van der Waals surface area contributed by atoms with Gasteiger partial charge in [0.25, 0.3) is 5.91 Å². The number of methoxy groups -OCH3 is 1. The summed E-state index contributed by atoms with van der Waals surface area (Å²) in [7, 11) is 1.48. The van der Waals surface area contributed by atoms with Gasteiger partial charge in [-0.05, 0) is 24.6 Å². The number of aryl methyl sites for hydroxylation is 1. The quantitative estimate of drug-likeness (QED) is 0.718. The lowest BCUT2D eigenvalue weighted by Gasteiger charge is -2.24. The number of carbonyl (C=O) groups is 1. The lowest BCUT2D eigenvalue weighted by molar-refractivity contribution is -0.119. The molecular formula is C17H17N5O4. The maximum absolute atomic E-state index is 10.9. The molecule has 0 aliphatic carbocycles. The SMILES string of the molecule is COc1cc([C@@H]2C(C#N)=C(N)Oc3n[nH]c(C)c32)ccc1OCC(N)=O. The number of nitrogens with zero attached hydrogens (tertiary/aromatic N) is 2. The fourth-order valence-corrected chi connectivity index (χ4v) is 2.86. The number of aromatic nitrogens is 2. The van der Waals surface area contributed by atoms with E-state index in [2.05, 4.69) is 16.3 Å². The summed E-state index contributed by atoms with van der Waals surface area (Å²) >= 11 is 0. The molecule has 0 radical (unpaired) electrons. The van der Waals surface area contributed by atoms with Crippen LogP contribution in [0.3, 0.4) is 0 Å². The summed E-state index contributed by atoms with van der Waals surface area (Å²) in [5.41, 5.74) is 13.5. The zero-order valence-electron chi connectivity index (χ0n) is 14.2. The molecule has 2 aromatic rings. The van der Waals surface area contributed by atoms with E-state index in [1.165, 1.54) is 7.11 Å². The zero-order valence-corrected chi connectivity index (χ0v) is 14.2. The highest BCUT2D eigenvalue weighted by Gasteiger charge is 2.34. The molecular weight excluding hydrogens is 338 g/mol. The minimum atomic E-state index is -0.596. The van der Waals surface area contributed by atoms with Crippen LogP contribution in [0.25, 0.3) is 0 Å². The summed E-state index contributed by atoms with van der Waals surface area (Å²) in [6.45, 7) is 1.56. The smallest absolute Gasteiger partial charge is 0.255 e. The normalized spacial score (nSPS) is 15.7. The van der Waals surface area contributed by atoms with Gasteiger partial charge >= 0.3 is 0 Å². The van der Waals surface area contributed by atoms with Crippen LogP contribution in [0.15, 0.2) is 29.7 Å². The second kappa shape index (κ2) is 6.68. The van der Waals surface area contributed by atoms with Crippen molar-refractivity contribution in [1.82, 2.24) is 10.2 Å². The van der Waals surface area contributed by atoms with E-state index in [9.17, 15) is 10.1 Å². The van der Waals surface area contributed by atoms with Gasteiger partial charge in [-0.3, -0.25) is 9.89 Å². The number of primary amides is 1. The van der Waals surface area contributed by atoms with Crippen LogP contribution in [0.5, 0.6) is 17.4 Å². The number of fused-ring (bicyclic) bond motifs is 1. The van der Waals surface area contributed by atoms with Crippen molar-refractivity contribution in [2.24, 2.45) is 11.5 Å². The van der Waals surface area contributed by atoms with Gasteiger partial charge in [0.1, 0.15) is 11.6 Å². The number of nitrogens with one attached hydrogen (secondary N) is 1. The fraction of sp³-hybridized carbons (Fsp3) is 0.235. The van der Waals surface area contributed by atoms with Crippen LogP contribution in [0, 0.1) is 18.3 Å². The van der Waals surface area contributed by atoms with E-state index >= 15 is 0 Å². The molecule has 1 atom stereocenters. The van der Waals surface area contributed by atoms with Gasteiger partial charge in [-0.1, -0.05) is 6.07 Å². The number of carbonyl (C=O) groups excluding carboxylic acids is 1. The first-order valence-electron chi connectivity index (χ1n) is 7.67. The van der Waals surface area contributed by atoms with Gasteiger partial charge in [-0.15, -0.1) is 5.10 Å². The maximum atomic E-state index is 10.9. The van der Waals surface area contributed by atoms with Crippen molar-refractivity contribution >= 4 is 5.91 Å². The average Bonchev–Trinajstić information content (AvgIpc) is 2.99. The molecule has 0 spiro atoms. The van der Waals surface area contributed by atoms with Crippen LogP contribution >= 0.6 is 0 Å². The fourth-order valence-electron chi connectivity index (χ4n) is 2.86. The summed E-state index contributed by atoms with van der Waals surface area (Å²) in [4.78, 5) is 10.9. The summed E-state index contributed by atoms with van der Waals surface area (Å²) in [5, 5.41) is 16.5. The van der Waals surface area contributed by atoms with E-state index < -0.39 is 11.8 Å². The summed E-state index contributed by atoms with van der Waals surface area (Å²) in [6, 6.07) is 7.23. The molecule has 9 heteroatoms. The maximum Gasteiger partial charge on any atom is 0.255 e. The molecule has 0 saturated carbocycles. The second-order valence-corrected chi connectivity index (χ2v) is 5.66. The standard InChI is InChI=1S/C17H17N5O4/c1-8-14-15(10(6-18)16(20)26-17(14)22-21-8)9-3-4-11(12(5-9)24-2)25-7-13(19)23/h3-5,15H,7,20H2,1-2H3,(H2,19,23)(H,21,22)/t15-/m1/s1. The van der Waals surface area contributed by atoms with Crippen LogP contribution in [0.4, 0.5) is 0 Å². The Bertz CT molecular complexity index is 941. The number of hydrogen-bond acceptors (Lipinski definition) is 7. The monoisotopic (exact) mass is 355 g/mol. The number of rotatable bonds is 5. The average molecular weight is 355 g/mol. The molecule has 26 heavy (non-hydrogen) atoms. The minimum Gasteiger partial charge on any atom is -0.493 e. The van der Waals surface area contributed by atoms with Crippen LogP contribution in [-0.4, -0.2) is 29.8 Å². The van der Waals surface area contributed by atoms with Crippen molar-refractivity contribution in [1.29, 1.82) is 5.26 Å². The Kier molecular flexibility index (Phi) is 4.41. The Morgan fingerprint density at radius 3 is 2.88 bits per heavy atom. The Balaban J connectivity index is 2.08. The number of allylic oxidation sites excluding steroid dienone is 1. The number of H-pyrrole nitrogens is 1. The van der Waals surface area contributed by atoms with Gasteiger partial charge in [0.2, 0.25) is 11.8 Å². The van der Waals surface area contributed by atoms with Crippen molar-refractivity contribution < 1.29 is 19.0 Å². The van der Waals surface area contributed by atoms with Crippen LogP contribution in [-0.2, 0) is 4.79 Å². The third-order valence-corrected chi connectivity index (χ3v) is 4.02. The third-order valence-electron chi connectivity index (χ3n) is 4.02. The highest BCUT2D eigenvalue weighted by molar-refractivity contribution is 5.75. The number of amides is 1. The van der Waals surface area contributed by atoms with E-state index in [-0.39, 0.29) is 18.1 Å². The van der Waals surface area contributed by atoms with Crippen LogP contribution in [0.2, 0.25) is 0 Å². The van der Waals surface area contributed by atoms with Crippen molar-refractivity contribution in [3.8, 4) is 23.4 Å². The molecule has 5 N–H and O–H groups in total. The Morgan fingerprint density at radius 1 is 1.46 bits per heavy atom. The van der Waals surface area contributed by atoms with Gasteiger partial charge < -0.3 is 25.7 Å². The Hall–Kier alpha value is -3.67. The molecule has 1 aliphatic heterocycles. The number of nitriles is 1. The van der Waals surface area contributed by atoms with E-state index in [1.54, 1.807) is 18.2 Å². The third kappa shape index (κ3) is 2.88. The summed E-state index contributed by atoms with van der Waals surface area (Å²) in [5.74, 6) is 0.0281. The number of nitrogens with two attached hydrogens (primary N) is 2. The van der Waals surface area contributed by atoms with Crippen molar-refractivity contribution in [3.63, 3.8) is 0 Å². The largest absolute Gasteiger partial charge is 0.493 e. The van der Waals surface area contributed by atoms with Crippen LogP contribution < -0.4 is 25.7 Å². The van der Waals surface area contributed by atoms with Gasteiger partial charge in [0.05, 0.1) is 13.0 Å². The van der Waals surface area contributed by atoms with Crippen molar-refractivity contribution in [2.45, 2.75) is 12.8 Å². The zero-order chi connectivity index (χ0) is 18.8. The highest BCUT2D eigenvalue weighted by Crippen LogP contribution is 2.44. The molecule has 2 heterocycles. The minimum absolute atomic E-state index is 0.00419. The molecule has 1 aromatic carbocycles. The predicted octanol–water partition coefficient (Wildman–Crippen LogP) is 0.809. The molecule has 1 amide bonds. The van der Waals surface area contributed by atoms with Crippen LogP contribution in [0.1, 0.15) is 22.7 Å². The lowest BCUT2D eigenvalue weighted by Crippen LogP contribution is -2.21. The summed E-state index contributed by atoms with van der Waals surface area (Å²) in [6.07, 6.45) is 0. The summed E-state index contributed by atoms with van der Waals surface area (Å²) < 4.78 is 16.1. The molecule has 1 aromatic heterocycles. The molecule has 0 fully saturated rings. The van der Waals surface area contributed by atoms with E-state index in [1.807, 2.05) is 6.92 Å². The molecule has 0 unspecified atom stereocenters. The Labute approximate surface area is 149 Å². The van der Waals surface area contributed by atoms with Gasteiger partial charge in [0.15, 0.2) is 18.1 Å². The van der Waals surface area contributed by atoms with E-state index in [0.717, 1.165) is 16.8 Å². The molecule has 1 aliphatic rings. The lowest BCUT2D eigenvalue weighted by atomic mass is 9.84. The molecule has 0 saturated heterocycles. The van der Waals surface area contributed by atoms with Gasteiger partial charge in [0, 0.05) is 11.3 Å². The van der Waals surface area contributed by atoms with E-state index in [0.29, 0.717) is 17.4 Å². The van der Waals surface area contributed by atoms with Gasteiger partial charge in [-0.25, -0.2) is 0 Å². The van der Waals surface area contributed by atoms with Crippen molar-refractivity contribution in [2.75, 3.05) is 13.7 Å². The number of aromatic amines is 1. The molecule has 0 bridgehead atoms. The molecule has 3 rings (SSSR count). The number of ether oxygens (including phenoxy) is 3. The Morgan fingerprint density at radius 2 is 2.23 bits per heavy atom. The predicted molar refractivity (Wildman–Crippen MR) is 90.3 cm³/mol. The second-order valence-electron chi connectivity index (χ2n) is 5.66. The first kappa shape index (κ1) is 17.2. The molecule has 134 valence electrons. The van der Waals surface area contributed by atoms with E-state index in [4.69, 9.17) is 25.7 Å². The first-order chi connectivity index (χ1) is 12.5. The van der Waals surface area contributed by atoms with Gasteiger partial charge in [-0.2, -0.15) is 5.26 Å². The number of hydrogen-bond donors (Lipinski definition) is 3. The van der Waals surface area contributed by atoms with Crippen molar-refractivity contribution in [3.05, 3.63) is 46.5 Å². The topological polar surface area (TPSA) is 149 Å². The number of benzene rings is 1. The first-order valence-corrected chi connectivity index (χ1v) is 7.67. The molecule has 9 nitrogen and oxygen atoms in total.